The molecule has 0 bridgehead atoms. The molecule has 1 fully saturated rings. The van der Waals surface area contributed by atoms with Crippen LogP contribution in [0.2, 0.25) is 0 Å². The first kappa shape index (κ1) is 11.6. The number of urea groups is 1. The van der Waals surface area contributed by atoms with Crippen LogP contribution < -0.4 is 16.1 Å². The normalized spacial score (nSPS) is 15.0. The van der Waals surface area contributed by atoms with Crippen LogP contribution in [0.4, 0.5) is 4.79 Å². The molecular formula is C9H19N5O. The van der Waals surface area contributed by atoms with Gasteiger partial charge in [0.25, 0.3) is 0 Å². The van der Waals surface area contributed by atoms with Gasteiger partial charge in [0.1, 0.15) is 0 Å². The molecule has 86 valence electrons. The number of nitrogens with one attached hydrogen (secondary N) is 4. The highest BCUT2D eigenvalue weighted by Crippen LogP contribution is 1.92. The molecule has 0 aromatic heterocycles. The molecule has 15 heavy (non-hydrogen) atoms. The zero-order chi connectivity index (χ0) is 11.1. The van der Waals surface area contributed by atoms with Gasteiger partial charge in [-0.1, -0.05) is 19.8 Å². The molecule has 1 aliphatic rings. The molecule has 0 aliphatic carbocycles. The number of hydrazine groups is 1. The first-order valence-electron chi connectivity index (χ1n) is 5.38. The highest BCUT2D eigenvalue weighted by Gasteiger charge is 2.17. The summed E-state index contributed by atoms with van der Waals surface area (Å²) < 4.78 is 0. The second-order valence-corrected chi connectivity index (χ2v) is 3.50. The Kier molecular flexibility index (Phi) is 4.73. The molecule has 0 unspecified atom stereocenters. The molecule has 2 amide bonds. The Morgan fingerprint density at radius 1 is 1.60 bits per heavy atom. The number of hydrogen-bond donors (Lipinski definition) is 4. The van der Waals surface area contributed by atoms with Crippen molar-refractivity contribution in [2.24, 2.45) is 0 Å². The Labute approximate surface area is 89.9 Å². The summed E-state index contributed by atoms with van der Waals surface area (Å²) in [6.45, 7) is 4.15. The number of rotatable bonds is 5. The molecule has 0 radical (unpaired) electrons. The fourth-order valence-corrected chi connectivity index (χ4v) is 1.34. The lowest BCUT2D eigenvalue weighted by molar-refractivity contribution is 0.220. The van der Waals surface area contributed by atoms with Crippen molar-refractivity contribution in [2.75, 3.05) is 19.6 Å². The Bertz CT molecular complexity index is 231. The molecule has 4 N–H and O–H groups in total. The summed E-state index contributed by atoms with van der Waals surface area (Å²) in [7, 11) is 0. The largest absolute Gasteiger partial charge is 0.353 e. The summed E-state index contributed by atoms with van der Waals surface area (Å²) in [5.74, 6) is 0.249. The molecule has 0 aromatic rings. The molecule has 1 heterocycles. The Morgan fingerprint density at radius 2 is 2.40 bits per heavy atom. The van der Waals surface area contributed by atoms with Gasteiger partial charge in [0.05, 0.1) is 6.54 Å². The third kappa shape index (κ3) is 4.05. The molecule has 0 aromatic carbocycles. The highest BCUT2D eigenvalue weighted by molar-refractivity contribution is 5.82. The van der Waals surface area contributed by atoms with Crippen LogP contribution in [0.5, 0.6) is 0 Å². The van der Waals surface area contributed by atoms with Crippen LogP contribution in [0, 0.1) is 5.41 Å². The second kappa shape index (κ2) is 6.10. The van der Waals surface area contributed by atoms with Gasteiger partial charge in [-0.25, -0.2) is 10.2 Å². The summed E-state index contributed by atoms with van der Waals surface area (Å²) in [4.78, 5) is 11.3. The highest BCUT2D eigenvalue weighted by atomic mass is 16.2. The smallest absolute Gasteiger partial charge is 0.333 e. The van der Waals surface area contributed by atoms with Crippen LogP contribution in [-0.2, 0) is 0 Å². The van der Waals surface area contributed by atoms with E-state index in [1.807, 2.05) is 0 Å². The number of nitrogens with zero attached hydrogens (tertiary/aromatic N) is 1. The lowest BCUT2D eigenvalue weighted by Gasteiger charge is -2.17. The number of hydrogen-bond acceptors (Lipinski definition) is 2. The lowest BCUT2D eigenvalue weighted by Crippen LogP contribution is -2.49. The zero-order valence-corrected chi connectivity index (χ0v) is 9.10. The standard InChI is InChI=1S/C9H19N5O/c1-2-3-4-5-12-9(15)13-14-7-6-11-8(14)10/h2-7H2,1H3,(H2,10,11)(H2,12,13,15). The van der Waals surface area contributed by atoms with Gasteiger partial charge in [0.2, 0.25) is 5.96 Å². The van der Waals surface area contributed by atoms with Crippen molar-refractivity contribution < 1.29 is 4.79 Å². The minimum absolute atomic E-state index is 0.237. The maximum Gasteiger partial charge on any atom is 0.333 e. The maximum absolute atomic E-state index is 11.3. The molecule has 6 heteroatoms. The molecule has 0 saturated carbocycles. The third-order valence-electron chi connectivity index (χ3n) is 2.20. The van der Waals surface area contributed by atoms with E-state index < -0.39 is 0 Å². The van der Waals surface area contributed by atoms with Crippen molar-refractivity contribution in [1.82, 2.24) is 21.1 Å². The van der Waals surface area contributed by atoms with Gasteiger partial charge >= 0.3 is 6.03 Å². The van der Waals surface area contributed by atoms with E-state index in [1.165, 1.54) is 5.01 Å². The van der Waals surface area contributed by atoms with Gasteiger partial charge < -0.3 is 10.6 Å². The number of unbranched alkanes of at least 4 members (excludes halogenated alkanes) is 2. The molecule has 1 aliphatic heterocycles. The number of carbonyl (C=O) groups excluding carboxylic acids is 1. The van der Waals surface area contributed by atoms with Crippen LogP contribution in [-0.4, -0.2) is 36.6 Å². The number of guanidine groups is 1. The third-order valence-corrected chi connectivity index (χ3v) is 2.20. The SMILES string of the molecule is CCCCCNC(=O)NN1CCNC1=N. The number of carbonyl (C=O) groups is 1. The quantitative estimate of drug-likeness (QED) is 0.494. The van der Waals surface area contributed by atoms with Crippen LogP contribution in [0.25, 0.3) is 0 Å². The molecule has 1 saturated heterocycles. The first-order chi connectivity index (χ1) is 7.24. The average Bonchev–Trinajstić information content (AvgIpc) is 2.59. The van der Waals surface area contributed by atoms with Gasteiger partial charge in [-0.3, -0.25) is 10.4 Å². The summed E-state index contributed by atoms with van der Waals surface area (Å²) in [5.41, 5.74) is 2.60. The van der Waals surface area contributed by atoms with E-state index in [4.69, 9.17) is 5.41 Å². The Balaban J connectivity index is 2.10. The van der Waals surface area contributed by atoms with Crippen LogP contribution in [0.3, 0.4) is 0 Å². The van der Waals surface area contributed by atoms with Gasteiger partial charge in [-0.15, -0.1) is 0 Å². The van der Waals surface area contributed by atoms with Crippen LogP contribution in [0.15, 0.2) is 0 Å². The van der Waals surface area contributed by atoms with E-state index in [1.54, 1.807) is 0 Å². The predicted octanol–water partition coefficient (Wildman–Crippen LogP) is 0.231. The fraction of sp³-hybridized carbons (Fsp3) is 0.778. The summed E-state index contributed by atoms with van der Waals surface area (Å²) in [5, 5.41) is 14.5. The molecule has 0 atom stereocenters. The topological polar surface area (TPSA) is 80.2 Å². The fourth-order valence-electron chi connectivity index (χ4n) is 1.34. The number of amides is 2. The Hall–Kier alpha value is -1.46. The Morgan fingerprint density at radius 3 is 3.00 bits per heavy atom. The van der Waals surface area contributed by atoms with E-state index in [-0.39, 0.29) is 12.0 Å². The average molecular weight is 213 g/mol. The van der Waals surface area contributed by atoms with Crippen molar-refractivity contribution in [2.45, 2.75) is 26.2 Å². The van der Waals surface area contributed by atoms with E-state index >= 15 is 0 Å². The summed E-state index contributed by atoms with van der Waals surface area (Å²) in [6.07, 6.45) is 3.27. The van der Waals surface area contributed by atoms with Gasteiger partial charge in [0, 0.05) is 13.1 Å². The van der Waals surface area contributed by atoms with Crippen molar-refractivity contribution in [3.8, 4) is 0 Å². The van der Waals surface area contributed by atoms with Crippen molar-refractivity contribution in [3.05, 3.63) is 0 Å². The maximum atomic E-state index is 11.3. The minimum atomic E-state index is -0.237. The molecular weight excluding hydrogens is 194 g/mol. The van der Waals surface area contributed by atoms with Crippen molar-refractivity contribution in [1.29, 1.82) is 5.41 Å². The molecule has 6 nitrogen and oxygen atoms in total. The monoisotopic (exact) mass is 213 g/mol. The zero-order valence-electron chi connectivity index (χ0n) is 9.10. The van der Waals surface area contributed by atoms with Crippen LogP contribution in [0.1, 0.15) is 26.2 Å². The lowest BCUT2D eigenvalue weighted by atomic mass is 10.2. The first-order valence-corrected chi connectivity index (χ1v) is 5.38. The van der Waals surface area contributed by atoms with Gasteiger partial charge in [0.15, 0.2) is 0 Å². The van der Waals surface area contributed by atoms with E-state index in [0.717, 1.165) is 19.3 Å². The van der Waals surface area contributed by atoms with Crippen LogP contribution >= 0.6 is 0 Å². The van der Waals surface area contributed by atoms with Gasteiger partial charge in [-0.05, 0) is 6.42 Å². The van der Waals surface area contributed by atoms with Gasteiger partial charge in [-0.2, -0.15) is 0 Å². The minimum Gasteiger partial charge on any atom is -0.353 e. The van der Waals surface area contributed by atoms with E-state index in [2.05, 4.69) is 23.0 Å². The summed E-state index contributed by atoms with van der Waals surface area (Å²) in [6, 6.07) is -0.237. The molecule has 1 rings (SSSR count). The van der Waals surface area contributed by atoms with E-state index in [9.17, 15) is 4.79 Å². The summed E-state index contributed by atoms with van der Waals surface area (Å²) >= 11 is 0. The predicted molar refractivity (Wildman–Crippen MR) is 58.5 cm³/mol. The van der Waals surface area contributed by atoms with Crippen molar-refractivity contribution >= 4 is 12.0 Å². The van der Waals surface area contributed by atoms with E-state index in [0.29, 0.717) is 19.6 Å². The second-order valence-electron chi connectivity index (χ2n) is 3.50. The van der Waals surface area contributed by atoms with Crippen molar-refractivity contribution in [3.63, 3.8) is 0 Å². The molecule has 0 spiro atoms.